The number of nitrogens with two attached hydrogens (primary N) is 1. The Balaban J connectivity index is 0.00000128. The van der Waals surface area contributed by atoms with Gasteiger partial charge in [0.05, 0.1) is 0 Å². The number of anilines is 1. The van der Waals surface area contributed by atoms with Crippen LogP contribution in [-0.4, -0.2) is 0 Å². The number of hydrogen-bond donors (Lipinski definition) is 1. The number of nitrogen functional groups attached to an aromatic ring is 1. The highest BCUT2D eigenvalue weighted by molar-refractivity contribution is 5.57. The van der Waals surface area contributed by atoms with Gasteiger partial charge in [0.1, 0.15) is 0 Å². The van der Waals surface area contributed by atoms with Crippen LogP contribution in [0.15, 0.2) is 12.1 Å². The molecule has 90 valence electrons. The Morgan fingerprint density at radius 2 is 1.62 bits per heavy atom. The topological polar surface area (TPSA) is 26.0 Å². The molecule has 0 amide bonds. The third kappa shape index (κ3) is 1.73. The van der Waals surface area contributed by atoms with Gasteiger partial charge in [0.2, 0.25) is 0 Å². The van der Waals surface area contributed by atoms with E-state index in [0.717, 1.165) is 5.69 Å². The van der Waals surface area contributed by atoms with Gasteiger partial charge in [-0.2, -0.15) is 0 Å². The van der Waals surface area contributed by atoms with Crippen LogP contribution in [0.25, 0.3) is 0 Å². The number of rotatable bonds is 0. The number of hydrogen-bond acceptors (Lipinski definition) is 1. The summed E-state index contributed by atoms with van der Waals surface area (Å²) in [6.07, 6.45) is 1.21. The molecule has 1 aromatic carbocycles. The molecule has 0 atom stereocenters. The molecule has 0 saturated heterocycles. The predicted octanol–water partition coefficient (Wildman–Crippen LogP) is 4.17. The van der Waals surface area contributed by atoms with E-state index in [4.69, 9.17) is 5.73 Å². The van der Waals surface area contributed by atoms with Crippen LogP contribution in [0.4, 0.5) is 5.69 Å². The fraction of sp³-hybridized carbons (Fsp3) is 0.600. The molecule has 1 aliphatic rings. The van der Waals surface area contributed by atoms with Crippen LogP contribution in [0, 0.1) is 6.92 Å². The van der Waals surface area contributed by atoms with Gasteiger partial charge in [-0.3, -0.25) is 0 Å². The van der Waals surface area contributed by atoms with Gasteiger partial charge >= 0.3 is 0 Å². The highest BCUT2D eigenvalue weighted by atomic mass is 14.6. The minimum absolute atomic E-state index is 0. The van der Waals surface area contributed by atoms with Crippen molar-refractivity contribution < 1.29 is 0 Å². The van der Waals surface area contributed by atoms with Crippen molar-refractivity contribution in [3.8, 4) is 0 Å². The van der Waals surface area contributed by atoms with E-state index >= 15 is 0 Å². The molecule has 0 fully saturated rings. The SMILES string of the molecule is C.Cc1cc(N)cc2c1C(C)(C)CC2(C)C. The lowest BCUT2D eigenvalue weighted by molar-refractivity contribution is 0.402. The van der Waals surface area contributed by atoms with Gasteiger partial charge in [-0.05, 0) is 53.0 Å². The minimum Gasteiger partial charge on any atom is -0.399 e. The Labute approximate surface area is 100 Å². The Morgan fingerprint density at radius 3 is 2.19 bits per heavy atom. The summed E-state index contributed by atoms with van der Waals surface area (Å²) in [5.41, 5.74) is 11.7. The van der Waals surface area contributed by atoms with Crippen molar-refractivity contribution in [3.63, 3.8) is 0 Å². The molecule has 0 unspecified atom stereocenters. The molecule has 1 aliphatic carbocycles. The smallest absolute Gasteiger partial charge is 0.0319 e. The summed E-state index contributed by atoms with van der Waals surface area (Å²) in [5, 5.41) is 0. The molecule has 1 nitrogen and oxygen atoms in total. The largest absolute Gasteiger partial charge is 0.399 e. The first kappa shape index (κ1) is 13.1. The molecule has 0 heterocycles. The molecule has 16 heavy (non-hydrogen) atoms. The Morgan fingerprint density at radius 1 is 1.06 bits per heavy atom. The highest BCUT2D eigenvalue weighted by Crippen LogP contribution is 2.50. The molecule has 0 aliphatic heterocycles. The molecule has 1 heteroatoms. The standard InChI is InChI=1S/C14H21N.CH4/c1-9-6-10(15)7-11-12(9)14(4,5)8-13(11,2)3;/h6-7H,8,15H2,1-5H3;1H4. The first-order valence-corrected chi connectivity index (χ1v) is 5.65. The summed E-state index contributed by atoms with van der Waals surface area (Å²) < 4.78 is 0. The molecule has 2 N–H and O–H groups in total. The summed E-state index contributed by atoms with van der Waals surface area (Å²) >= 11 is 0. The molecular weight excluding hydrogens is 194 g/mol. The van der Waals surface area contributed by atoms with Crippen LogP contribution in [0.3, 0.4) is 0 Å². The van der Waals surface area contributed by atoms with E-state index in [0.29, 0.717) is 0 Å². The lowest BCUT2D eigenvalue weighted by Gasteiger charge is -2.23. The summed E-state index contributed by atoms with van der Waals surface area (Å²) in [6.45, 7) is 11.5. The maximum Gasteiger partial charge on any atom is 0.0319 e. The fourth-order valence-electron chi connectivity index (χ4n) is 3.54. The first-order chi connectivity index (χ1) is 6.74. The van der Waals surface area contributed by atoms with E-state index in [9.17, 15) is 0 Å². The minimum atomic E-state index is 0. The zero-order valence-corrected chi connectivity index (χ0v) is 10.4. The summed E-state index contributed by atoms with van der Waals surface area (Å²) in [4.78, 5) is 0. The average Bonchev–Trinajstić information content (AvgIpc) is 2.15. The molecule has 0 saturated carbocycles. The molecule has 1 aromatic rings. The second-order valence-corrected chi connectivity index (χ2v) is 6.20. The van der Waals surface area contributed by atoms with Crippen molar-refractivity contribution >= 4 is 5.69 Å². The Bertz CT molecular complexity index is 414. The quantitative estimate of drug-likeness (QED) is 0.651. The monoisotopic (exact) mass is 219 g/mol. The maximum atomic E-state index is 5.94. The second-order valence-electron chi connectivity index (χ2n) is 6.20. The van der Waals surface area contributed by atoms with Crippen molar-refractivity contribution in [3.05, 3.63) is 28.8 Å². The summed E-state index contributed by atoms with van der Waals surface area (Å²) in [5.74, 6) is 0. The van der Waals surface area contributed by atoms with Gasteiger partial charge in [-0.25, -0.2) is 0 Å². The predicted molar refractivity (Wildman–Crippen MR) is 73.0 cm³/mol. The van der Waals surface area contributed by atoms with E-state index in [-0.39, 0.29) is 18.3 Å². The van der Waals surface area contributed by atoms with E-state index in [2.05, 4.69) is 46.8 Å². The fourth-order valence-corrected chi connectivity index (χ4v) is 3.54. The number of benzene rings is 1. The van der Waals surface area contributed by atoms with Crippen LogP contribution < -0.4 is 5.73 Å². The third-order valence-electron chi connectivity index (χ3n) is 3.65. The number of fused-ring (bicyclic) bond motifs is 1. The lowest BCUT2D eigenvalue weighted by Crippen LogP contribution is -2.18. The third-order valence-corrected chi connectivity index (χ3v) is 3.65. The van der Waals surface area contributed by atoms with Crippen molar-refractivity contribution in [2.45, 2.75) is 59.3 Å². The van der Waals surface area contributed by atoms with E-state index in [1.54, 1.807) is 0 Å². The first-order valence-electron chi connectivity index (χ1n) is 5.65. The van der Waals surface area contributed by atoms with Gasteiger partial charge in [0.15, 0.2) is 0 Å². The van der Waals surface area contributed by atoms with Crippen LogP contribution >= 0.6 is 0 Å². The van der Waals surface area contributed by atoms with Crippen LogP contribution in [0.2, 0.25) is 0 Å². The zero-order chi connectivity index (χ0) is 11.4. The van der Waals surface area contributed by atoms with Crippen LogP contribution in [0.1, 0.15) is 58.2 Å². The van der Waals surface area contributed by atoms with Crippen molar-refractivity contribution in [1.29, 1.82) is 0 Å². The highest BCUT2D eigenvalue weighted by Gasteiger charge is 2.42. The van der Waals surface area contributed by atoms with Gasteiger partial charge in [-0.15, -0.1) is 0 Å². The van der Waals surface area contributed by atoms with Gasteiger partial charge in [0, 0.05) is 5.69 Å². The second kappa shape index (κ2) is 3.51. The lowest BCUT2D eigenvalue weighted by atomic mass is 9.81. The Hall–Kier alpha value is -0.980. The van der Waals surface area contributed by atoms with Crippen LogP contribution in [-0.2, 0) is 10.8 Å². The number of aryl methyl sites for hydroxylation is 1. The van der Waals surface area contributed by atoms with E-state index in [1.807, 2.05) is 0 Å². The summed E-state index contributed by atoms with van der Waals surface area (Å²) in [6, 6.07) is 4.26. The van der Waals surface area contributed by atoms with Gasteiger partial charge in [-0.1, -0.05) is 35.1 Å². The molecule has 0 aromatic heterocycles. The van der Waals surface area contributed by atoms with Crippen LogP contribution in [0.5, 0.6) is 0 Å². The summed E-state index contributed by atoms with van der Waals surface area (Å²) in [7, 11) is 0. The van der Waals surface area contributed by atoms with E-state index in [1.165, 1.54) is 23.1 Å². The molecule has 0 spiro atoms. The van der Waals surface area contributed by atoms with Gasteiger partial charge < -0.3 is 5.73 Å². The Kier molecular flexibility index (Phi) is 2.87. The van der Waals surface area contributed by atoms with Crippen molar-refractivity contribution in [2.24, 2.45) is 0 Å². The molecular formula is C15H25N. The molecule has 0 bridgehead atoms. The van der Waals surface area contributed by atoms with Crippen molar-refractivity contribution in [1.82, 2.24) is 0 Å². The normalized spacial score (nSPS) is 20.1. The molecule has 0 radical (unpaired) electrons. The average molecular weight is 219 g/mol. The zero-order valence-electron chi connectivity index (χ0n) is 10.4. The van der Waals surface area contributed by atoms with Gasteiger partial charge in [0.25, 0.3) is 0 Å². The van der Waals surface area contributed by atoms with E-state index < -0.39 is 0 Å². The molecule has 2 rings (SSSR count). The maximum absolute atomic E-state index is 5.94. The van der Waals surface area contributed by atoms with Crippen molar-refractivity contribution in [2.75, 3.05) is 5.73 Å².